The first kappa shape index (κ1) is 18.4. The lowest BCUT2D eigenvalue weighted by atomic mass is 10.1. The minimum atomic E-state index is -0.209. The van der Waals surface area contributed by atoms with Gasteiger partial charge in [-0.3, -0.25) is 9.59 Å². The maximum Gasteiger partial charge on any atom is 0.275 e. The highest BCUT2D eigenvalue weighted by Gasteiger charge is 2.27. The number of aryl methyl sites for hydroxylation is 2. The molecule has 1 aromatic rings. The molecule has 2 atom stereocenters. The van der Waals surface area contributed by atoms with E-state index < -0.39 is 0 Å². The van der Waals surface area contributed by atoms with Crippen molar-refractivity contribution in [2.45, 2.75) is 39.9 Å². The van der Waals surface area contributed by atoms with Crippen LogP contribution in [0.4, 0.5) is 5.69 Å². The van der Waals surface area contributed by atoms with E-state index in [9.17, 15) is 9.59 Å². The second-order valence-corrected chi connectivity index (χ2v) is 6.68. The maximum absolute atomic E-state index is 12.1. The van der Waals surface area contributed by atoms with Crippen molar-refractivity contribution >= 4 is 17.5 Å². The standard InChI is InChI=1S/C18H27N3O3/c1-12-6-5-7-13(2)18(12)20-16(22)8-19-17(23)11-21-9-14(3)24-15(4)10-21/h5-7,14-15H,8-11H2,1-4H3,(H,19,23)(H,20,22)/p+1/t14-,15-/m1/s1. The SMILES string of the molecule is Cc1cccc(C)c1NC(=O)CNC(=O)C[NH+]1C[C@@H](C)O[C@H](C)C1. The number of rotatable bonds is 5. The third-order valence-corrected chi connectivity index (χ3v) is 4.22. The molecule has 2 amide bonds. The van der Waals surface area contributed by atoms with Gasteiger partial charge >= 0.3 is 0 Å². The Morgan fingerprint density at radius 3 is 2.29 bits per heavy atom. The van der Waals surface area contributed by atoms with Crippen molar-refractivity contribution in [1.82, 2.24) is 5.32 Å². The zero-order valence-corrected chi connectivity index (χ0v) is 14.9. The average Bonchev–Trinajstić information content (AvgIpc) is 2.48. The molecule has 0 unspecified atom stereocenters. The number of benzene rings is 1. The number of nitrogens with one attached hydrogen (secondary N) is 3. The number of hydrogen-bond acceptors (Lipinski definition) is 3. The van der Waals surface area contributed by atoms with Crippen molar-refractivity contribution in [3.05, 3.63) is 29.3 Å². The fraction of sp³-hybridized carbons (Fsp3) is 0.556. The Morgan fingerprint density at radius 2 is 1.71 bits per heavy atom. The van der Waals surface area contributed by atoms with Gasteiger partial charge in [-0.15, -0.1) is 0 Å². The fourth-order valence-electron chi connectivity index (χ4n) is 3.20. The molecule has 0 spiro atoms. The second-order valence-electron chi connectivity index (χ2n) is 6.68. The molecule has 1 aliphatic rings. The van der Waals surface area contributed by atoms with E-state index in [1.165, 1.54) is 4.90 Å². The molecule has 0 aromatic heterocycles. The third kappa shape index (κ3) is 5.32. The molecule has 1 aromatic carbocycles. The van der Waals surface area contributed by atoms with Crippen LogP contribution < -0.4 is 15.5 Å². The molecule has 6 heteroatoms. The summed E-state index contributed by atoms with van der Waals surface area (Å²) in [5.41, 5.74) is 2.84. The lowest BCUT2D eigenvalue weighted by Gasteiger charge is -2.31. The molecule has 1 saturated heterocycles. The molecule has 0 radical (unpaired) electrons. The van der Waals surface area contributed by atoms with E-state index >= 15 is 0 Å². The maximum atomic E-state index is 12.1. The summed E-state index contributed by atoms with van der Waals surface area (Å²) >= 11 is 0. The molecule has 0 aliphatic carbocycles. The highest BCUT2D eigenvalue weighted by Crippen LogP contribution is 2.18. The number of carbonyl (C=O) groups excluding carboxylic acids is 2. The first-order valence-electron chi connectivity index (χ1n) is 8.47. The Hall–Kier alpha value is -1.92. The number of quaternary nitrogens is 1. The van der Waals surface area contributed by atoms with Crippen LogP contribution in [-0.2, 0) is 14.3 Å². The van der Waals surface area contributed by atoms with Crippen LogP contribution in [0.25, 0.3) is 0 Å². The van der Waals surface area contributed by atoms with E-state index in [0.717, 1.165) is 29.9 Å². The average molecular weight is 334 g/mol. The molecule has 132 valence electrons. The Bertz CT molecular complexity index is 573. The molecule has 3 N–H and O–H groups in total. The van der Waals surface area contributed by atoms with Crippen LogP contribution in [-0.4, -0.2) is 50.2 Å². The summed E-state index contributed by atoms with van der Waals surface area (Å²) in [5.74, 6) is -0.317. The van der Waals surface area contributed by atoms with Gasteiger partial charge in [-0.1, -0.05) is 18.2 Å². The van der Waals surface area contributed by atoms with Gasteiger partial charge in [0.15, 0.2) is 6.54 Å². The van der Waals surface area contributed by atoms with Crippen LogP contribution in [0.2, 0.25) is 0 Å². The van der Waals surface area contributed by atoms with Crippen LogP contribution in [0.5, 0.6) is 0 Å². The topological polar surface area (TPSA) is 71.9 Å². The number of anilines is 1. The van der Waals surface area contributed by atoms with Gasteiger partial charge in [0.1, 0.15) is 25.3 Å². The van der Waals surface area contributed by atoms with Gasteiger partial charge in [0, 0.05) is 5.69 Å². The second kappa shape index (κ2) is 8.26. The van der Waals surface area contributed by atoms with Gasteiger partial charge in [0.2, 0.25) is 5.91 Å². The highest BCUT2D eigenvalue weighted by molar-refractivity contribution is 5.95. The van der Waals surface area contributed by atoms with E-state index in [1.807, 2.05) is 45.9 Å². The summed E-state index contributed by atoms with van der Waals surface area (Å²) < 4.78 is 5.67. The first-order valence-corrected chi connectivity index (χ1v) is 8.47. The molecule has 24 heavy (non-hydrogen) atoms. The smallest absolute Gasteiger partial charge is 0.275 e. The number of hydrogen-bond donors (Lipinski definition) is 3. The molecule has 1 heterocycles. The summed E-state index contributed by atoms with van der Waals surface area (Å²) in [5, 5.41) is 5.58. The van der Waals surface area contributed by atoms with E-state index in [0.29, 0.717) is 6.54 Å². The Kier molecular flexibility index (Phi) is 6.34. The van der Waals surface area contributed by atoms with Crippen molar-refractivity contribution < 1.29 is 19.2 Å². The van der Waals surface area contributed by atoms with Crippen molar-refractivity contribution in [2.24, 2.45) is 0 Å². The largest absolute Gasteiger partial charge is 0.364 e. The molecular weight excluding hydrogens is 306 g/mol. The molecule has 2 rings (SSSR count). The molecule has 1 aliphatic heterocycles. The van der Waals surface area contributed by atoms with Crippen LogP contribution in [0.15, 0.2) is 18.2 Å². The van der Waals surface area contributed by atoms with Gasteiger partial charge in [-0.05, 0) is 38.8 Å². The summed E-state index contributed by atoms with van der Waals surface area (Å²) in [4.78, 5) is 25.3. The number of carbonyl (C=O) groups is 2. The molecule has 0 saturated carbocycles. The van der Waals surface area contributed by atoms with E-state index in [2.05, 4.69) is 10.6 Å². The number of ether oxygens (including phenoxy) is 1. The Balaban J connectivity index is 1.78. The zero-order chi connectivity index (χ0) is 17.7. The number of para-hydroxylation sites is 1. The Morgan fingerprint density at radius 1 is 1.12 bits per heavy atom. The van der Waals surface area contributed by atoms with E-state index in [4.69, 9.17) is 4.74 Å². The van der Waals surface area contributed by atoms with E-state index in [1.54, 1.807) is 0 Å². The van der Waals surface area contributed by atoms with Gasteiger partial charge < -0.3 is 20.3 Å². The lowest BCUT2D eigenvalue weighted by Crippen LogP contribution is -3.16. The summed E-state index contributed by atoms with van der Waals surface area (Å²) in [6.45, 7) is 9.92. The van der Waals surface area contributed by atoms with E-state index in [-0.39, 0.29) is 30.6 Å². The molecule has 6 nitrogen and oxygen atoms in total. The minimum Gasteiger partial charge on any atom is -0.364 e. The normalized spacial score (nSPS) is 23.6. The predicted octanol–water partition coefficient (Wildman–Crippen LogP) is 0.0502. The van der Waals surface area contributed by atoms with Gasteiger partial charge in [-0.2, -0.15) is 0 Å². The first-order chi connectivity index (χ1) is 11.3. The fourth-order valence-corrected chi connectivity index (χ4v) is 3.20. The Labute approximate surface area is 143 Å². The van der Waals surface area contributed by atoms with Crippen LogP contribution in [0.3, 0.4) is 0 Å². The van der Waals surface area contributed by atoms with Crippen LogP contribution in [0, 0.1) is 13.8 Å². The predicted molar refractivity (Wildman–Crippen MR) is 93.1 cm³/mol. The molecule has 1 fully saturated rings. The van der Waals surface area contributed by atoms with Gasteiger partial charge in [0.05, 0.1) is 6.54 Å². The van der Waals surface area contributed by atoms with Crippen LogP contribution >= 0.6 is 0 Å². The number of morpholine rings is 1. The summed E-state index contributed by atoms with van der Waals surface area (Å²) in [7, 11) is 0. The number of amides is 2. The summed E-state index contributed by atoms with van der Waals surface area (Å²) in [6, 6.07) is 5.85. The summed E-state index contributed by atoms with van der Waals surface area (Å²) in [6.07, 6.45) is 0.313. The minimum absolute atomic E-state index is 0.0124. The van der Waals surface area contributed by atoms with Crippen molar-refractivity contribution in [3.63, 3.8) is 0 Å². The quantitative estimate of drug-likeness (QED) is 0.713. The van der Waals surface area contributed by atoms with Crippen molar-refractivity contribution in [3.8, 4) is 0 Å². The zero-order valence-electron chi connectivity index (χ0n) is 14.9. The van der Waals surface area contributed by atoms with Gasteiger partial charge in [-0.25, -0.2) is 0 Å². The highest BCUT2D eigenvalue weighted by atomic mass is 16.5. The van der Waals surface area contributed by atoms with Crippen LogP contribution in [0.1, 0.15) is 25.0 Å². The lowest BCUT2D eigenvalue weighted by molar-refractivity contribution is -0.907. The monoisotopic (exact) mass is 334 g/mol. The molecular formula is C18H28N3O3+. The van der Waals surface area contributed by atoms with Crippen molar-refractivity contribution in [1.29, 1.82) is 0 Å². The molecule has 0 bridgehead atoms. The van der Waals surface area contributed by atoms with Crippen molar-refractivity contribution in [2.75, 3.05) is 31.5 Å². The van der Waals surface area contributed by atoms with Gasteiger partial charge in [0.25, 0.3) is 5.91 Å². The third-order valence-electron chi connectivity index (χ3n) is 4.22.